The van der Waals surface area contributed by atoms with E-state index in [4.69, 9.17) is 29.4 Å². The molecular weight excluding hydrogens is 702 g/mol. The van der Waals surface area contributed by atoms with E-state index < -0.39 is 94.9 Å². The lowest BCUT2D eigenvalue weighted by molar-refractivity contribution is -0.163. The number of hydrogen-bond donors (Lipinski definition) is 2. The lowest BCUT2D eigenvalue weighted by Crippen LogP contribution is -2.47. The zero-order valence-corrected chi connectivity index (χ0v) is 35.7. The van der Waals surface area contributed by atoms with Crippen LogP contribution in [0.4, 0.5) is 0 Å². The molecule has 0 radical (unpaired) electrons. The standard InChI is InChI=1S/C39H71N3O12/c1-35(2,3)50-30(45)19-26(16-17-41(22-31(46)51-36(4,5)6)23-32(47)52-37(7,8)9)18-27(20-28(43)21-29(40)44)42(24-33(48)53-38(10,11)12)25-34(49)54-39(13,14)15/h26-27,29,44H,16-25,40H2,1-15H3. The van der Waals surface area contributed by atoms with Gasteiger partial charge >= 0.3 is 29.8 Å². The van der Waals surface area contributed by atoms with Gasteiger partial charge in [0.05, 0.1) is 26.2 Å². The molecule has 0 saturated carbocycles. The van der Waals surface area contributed by atoms with Crippen LogP contribution in [0.25, 0.3) is 0 Å². The lowest BCUT2D eigenvalue weighted by Gasteiger charge is -2.35. The number of aliphatic hydroxyl groups is 1. The first-order valence-electron chi connectivity index (χ1n) is 18.6. The van der Waals surface area contributed by atoms with Crippen LogP contribution in [0.1, 0.15) is 136 Å². The Kier molecular flexibility index (Phi) is 20.0. The summed E-state index contributed by atoms with van der Waals surface area (Å²) in [6.07, 6.45) is -1.92. The molecule has 0 bridgehead atoms. The predicted molar refractivity (Wildman–Crippen MR) is 203 cm³/mol. The maximum atomic E-state index is 13.3. The highest BCUT2D eigenvalue weighted by Gasteiger charge is 2.33. The number of rotatable bonds is 20. The maximum absolute atomic E-state index is 13.3. The van der Waals surface area contributed by atoms with E-state index in [1.807, 2.05) is 0 Å². The number of carbonyl (C=O) groups is 6. The Morgan fingerprint density at radius 3 is 1.19 bits per heavy atom. The minimum Gasteiger partial charge on any atom is -0.460 e. The van der Waals surface area contributed by atoms with E-state index >= 15 is 0 Å². The molecule has 0 rings (SSSR count). The first-order chi connectivity index (χ1) is 24.1. The minimum absolute atomic E-state index is 0.0734. The number of nitrogens with zero attached hydrogens (tertiary/aromatic N) is 2. The third kappa shape index (κ3) is 28.3. The summed E-state index contributed by atoms with van der Waals surface area (Å²) >= 11 is 0. The summed E-state index contributed by atoms with van der Waals surface area (Å²) < 4.78 is 27.8. The van der Waals surface area contributed by atoms with E-state index in [0.29, 0.717) is 0 Å². The van der Waals surface area contributed by atoms with Crippen LogP contribution >= 0.6 is 0 Å². The fourth-order valence-corrected chi connectivity index (χ4v) is 5.33. The number of hydrogen-bond acceptors (Lipinski definition) is 15. The van der Waals surface area contributed by atoms with Gasteiger partial charge in [-0.25, -0.2) is 0 Å². The van der Waals surface area contributed by atoms with Crippen molar-refractivity contribution in [1.82, 2.24) is 9.80 Å². The summed E-state index contributed by atoms with van der Waals surface area (Å²) in [5.41, 5.74) is 1.46. The molecular formula is C39H71N3O12. The van der Waals surface area contributed by atoms with Gasteiger partial charge in [0.1, 0.15) is 40.0 Å². The number of ketones is 1. The SMILES string of the molecule is CC(C)(C)OC(=O)CC(CCN(CC(=O)OC(C)(C)C)CC(=O)OC(C)(C)C)CC(CC(=O)CC(N)O)N(CC(=O)OC(C)(C)C)CC(=O)OC(C)(C)C. The monoisotopic (exact) mass is 774 g/mol. The molecule has 0 heterocycles. The lowest BCUT2D eigenvalue weighted by atomic mass is 9.89. The Morgan fingerprint density at radius 2 is 0.852 bits per heavy atom. The topological polar surface area (TPSA) is 201 Å². The van der Waals surface area contributed by atoms with E-state index in [0.717, 1.165) is 0 Å². The van der Waals surface area contributed by atoms with Gasteiger partial charge in [-0.15, -0.1) is 0 Å². The first kappa shape index (κ1) is 50.9. The number of Topliss-reactive ketones (excluding diaryl/α,β-unsaturated/α-hetero) is 1. The molecule has 0 aliphatic heterocycles. The second-order valence-electron chi connectivity index (χ2n) is 18.8. The highest BCUT2D eigenvalue weighted by molar-refractivity contribution is 5.80. The Hall–Kier alpha value is -3.14. The predicted octanol–water partition coefficient (Wildman–Crippen LogP) is 4.08. The third-order valence-corrected chi connectivity index (χ3v) is 6.80. The van der Waals surface area contributed by atoms with Crippen LogP contribution < -0.4 is 5.73 Å². The molecule has 3 N–H and O–H groups in total. The summed E-state index contributed by atoms with van der Waals surface area (Å²) in [5.74, 6) is -4.01. The van der Waals surface area contributed by atoms with E-state index in [1.54, 1.807) is 109 Å². The second kappa shape index (κ2) is 21.2. The molecule has 314 valence electrons. The normalized spacial score (nSPS) is 14.6. The number of nitrogens with two attached hydrogens (primary N) is 1. The molecule has 15 nitrogen and oxygen atoms in total. The fraction of sp³-hybridized carbons (Fsp3) is 0.846. The molecule has 0 aliphatic carbocycles. The average molecular weight is 774 g/mol. The number of ether oxygens (including phenoxy) is 5. The Balaban J connectivity index is 6.97. The summed E-state index contributed by atoms with van der Waals surface area (Å²) in [6, 6.07) is -0.853. The van der Waals surface area contributed by atoms with Crippen molar-refractivity contribution in [2.24, 2.45) is 11.7 Å². The van der Waals surface area contributed by atoms with Gasteiger partial charge in [0.25, 0.3) is 0 Å². The van der Waals surface area contributed by atoms with Crippen LogP contribution in [0.15, 0.2) is 0 Å². The van der Waals surface area contributed by atoms with E-state index in [2.05, 4.69) is 0 Å². The second-order valence-corrected chi connectivity index (χ2v) is 18.8. The molecule has 3 atom stereocenters. The highest BCUT2D eigenvalue weighted by Crippen LogP contribution is 2.26. The van der Waals surface area contributed by atoms with Gasteiger partial charge in [-0.3, -0.25) is 38.6 Å². The summed E-state index contributed by atoms with van der Waals surface area (Å²) in [7, 11) is 0. The van der Waals surface area contributed by atoms with E-state index in [9.17, 15) is 33.9 Å². The maximum Gasteiger partial charge on any atom is 0.320 e. The van der Waals surface area contributed by atoms with Crippen molar-refractivity contribution >= 4 is 35.6 Å². The molecule has 0 fully saturated rings. The summed E-state index contributed by atoms with van der Waals surface area (Å²) in [5, 5.41) is 9.81. The van der Waals surface area contributed by atoms with Gasteiger partial charge in [0, 0.05) is 25.3 Å². The zero-order valence-electron chi connectivity index (χ0n) is 35.7. The van der Waals surface area contributed by atoms with Crippen LogP contribution in [-0.4, -0.2) is 124 Å². The molecule has 0 amide bonds. The van der Waals surface area contributed by atoms with Gasteiger partial charge < -0.3 is 34.5 Å². The van der Waals surface area contributed by atoms with Gasteiger partial charge in [0.2, 0.25) is 0 Å². The largest absolute Gasteiger partial charge is 0.460 e. The van der Waals surface area contributed by atoms with Crippen molar-refractivity contribution in [3.8, 4) is 0 Å². The van der Waals surface area contributed by atoms with Crippen molar-refractivity contribution in [1.29, 1.82) is 0 Å². The van der Waals surface area contributed by atoms with Crippen molar-refractivity contribution in [3.63, 3.8) is 0 Å². The molecule has 0 aromatic heterocycles. The summed E-state index contributed by atoms with van der Waals surface area (Å²) in [6.45, 7) is 24.5. The zero-order chi connectivity index (χ0) is 42.5. The number of esters is 5. The van der Waals surface area contributed by atoms with E-state index in [1.165, 1.54) is 4.90 Å². The minimum atomic E-state index is -1.44. The van der Waals surface area contributed by atoms with Gasteiger partial charge in [-0.05, 0) is 129 Å². The Labute approximate surface area is 323 Å². The van der Waals surface area contributed by atoms with Gasteiger partial charge in [-0.2, -0.15) is 0 Å². The molecule has 0 aliphatic rings. The molecule has 0 saturated heterocycles. The molecule has 54 heavy (non-hydrogen) atoms. The molecule has 0 aromatic rings. The van der Waals surface area contributed by atoms with Crippen molar-refractivity contribution in [2.75, 3.05) is 32.7 Å². The Morgan fingerprint density at radius 1 is 0.519 bits per heavy atom. The fourth-order valence-electron chi connectivity index (χ4n) is 5.33. The van der Waals surface area contributed by atoms with Crippen LogP contribution in [-0.2, 0) is 52.5 Å². The Bertz CT molecular complexity index is 1190. The highest BCUT2D eigenvalue weighted by atomic mass is 16.6. The van der Waals surface area contributed by atoms with Crippen LogP contribution in [0, 0.1) is 5.92 Å². The smallest absolute Gasteiger partial charge is 0.320 e. The summed E-state index contributed by atoms with van der Waals surface area (Å²) in [4.78, 5) is 81.9. The van der Waals surface area contributed by atoms with E-state index in [-0.39, 0.29) is 51.7 Å². The van der Waals surface area contributed by atoms with Gasteiger partial charge in [0.15, 0.2) is 0 Å². The molecule has 0 spiro atoms. The number of aliphatic hydroxyl groups excluding tert-OH is 1. The van der Waals surface area contributed by atoms with Crippen LogP contribution in [0.2, 0.25) is 0 Å². The quantitative estimate of drug-likeness (QED) is 0.102. The van der Waals surface area contributed by atoms with Gasteiger partial charge in [-0.1, -0.05) is 0 Å². The van der Waals surface area contributed by atoms with Crippen molar-refractivity contribution in [2.45, 2.75) is 176 Å². The molecule has 3 unspecified atom stereocenters. The number of carbonyl (C=O) groups excluding carboxylic acids is 6. The molecule has 15 heteroatoms. The van der Waals surface area contributed by atoms with Crippen molar-refractivity contribution < 1.29 is 57.6 Å². The molecule has 0 aromatic carbocycles. The van der Waals surface area contributed by atoms with Crippen LogP contribution in [0.3, 0.4) is 0 Å². The first-order valence-corrected chi connectivity index (χ1v) is 18.6. The van der Waals surface area contributed by atoms with Crippen LogP contribution in [0.5, 0.6) is 0 Å². The third-order valence-electron chi connectivity index (χ3n) is 6.80. The van der Waals surface area contributed by atoms with Crippen molar-refractivity contribution in [3.05, 3.63) is 0 Å². The average Bonchev–Trinajstić information content (AvgIpc) is 2.84.